The Bertz CT molecular complexity index is 690. The molecule has 2 N–H and O–H groups in total. The van der Waals surface area contributed by atoms with Crippen molar-refractivity contribution in [2.45, 2.75) is 25.4 Å². The molecule has 0 spiro atoms. The van der Waals surface area contributed by atoms with Crippen molar-refractivity contribution in [2.75, 3.05) is 45.8 Å². The van der Waals surface area contributed by atoms with Crippen molar-refractivity contribution in [1.29, 1.82) is 0 Å². The summed E-state index contributed by atoms with van der Waals surface area (Å²) in [5, 5.41) is 3.93. The minimum absolute atomic E-state index is 0.0203. The molecule has 1 aromatic rings. The molecule has 146 valence electrons. The first kappa shape index (κ1) is 20.9. The van der Waals surface area contributed by atoms with Gasteiger partial charge in [0.1, 0.15) is 5.75 Å². The van der Waals surface area contributed by atoms with Gasteiger partial charge in [-0.05, 0) is 36.3 Å². The molecule has 0 unspecified atom stereocenters. The molecule has 1 aromatic carbocycles. The highest BCUT2D eigenvalue weighted by molar-refractivity contribution is 7.91. The van der Waals surface area contributed by atoms with Gasteiger partial charge >= 0.3 is 0 Å². The molecule has 8 heteroatoms. The molecule has 0 amide bonds. The third-order valence-corrected chi connectivity index (χ3v) is 6.72. The smallest absolute Gasteiger partial charge is 0.169 e. The van der Waals surface area contributed by atoms with Crippen LogP contribution in [-0.4, -0.2) is 70.3 Å². The summed E-state index contributed by atoms with van der Waals surface area (Å²) in [5.74, 6) is 1.28. The van der Waals surface area contributed by atoms with E-state index in [4.69, 9.17) is 17.0 Å². The third-order valence-electron chi connectivity index (χ3n) is 4.59. The van der Waals surface area contributed by atoms with Crippen LogP contribution in [0.4, 0.5) is 0 Å². The van der Waals surface area contributed by atoms with E-state index in [1.807, 2.05) is 24.3 Å². The lowest BCUT2D eigenvalue weighted by Crippen LogP contribution is -3.05. The fourth-order valence-corrected chi connectivity index (χ4v) is 5.14. The number of nitrogens with one attached hydrogen (secondary N) is 2. The SMILES string of the molecule is COc1ccc(CNC(=S)N(CCC[NH+](C)C)[C@H]2CCS(=O)(=O)C2)cc1. The van der Waals surface area contributed by atoms with Crippen LogP contribution in [0.25, 0.3) is 0 Å². The minimum Gasteiger partial charge on any atom is -0.497 e. The van der Waals surface area contributed by atoms with Crippen LogP contribution in [0.3, 0.4) is 0 Å². The van der Waals surface area contributed by atoms with E-state index >= 15 is 0 Å². The van der Waals surface area contributed by atoms with E-state index in [2.05, 4.69) is 24.3 Å². The fraction of sp³-hybridized carbons (Fsp3) is 0.611. The van der Waals surface area contributed by atoms with E-state index in [0.717, 1.165) is 30.8 Å². The Morgan fingerprint density at radius 3 is 2.58 bits per heavy atom. The highest BCUT2D eigenvalue weighted by atomic mass is 32.2. The monoisotopic (exact) mass is 400 g/mol. The van der Waals surface area contributed by atoms with Crippen molar-refractivity contribution < 1.29 is 18.1 Å². The van der Waals surface area contributed by atoms with Gasteiger partial charge in [-0.2, -0.15) is 0 Å². The summed E-state index contributed by atoms with van der Waals surface area (Å²) in [4.78, 5) is 3.45. The maximum atomic E-state index is 11.9. The number of thiocarbonyl (C=S) groups is 1. The lowest BCUT2D eigenvalue weighted by Gasteiger charge is -2.31. The largest absolute Gasteiger partial charge is 0.497 e. The number of quaternary nitrogens is 1. The first-order chi connectivity index (χ1) is 12.3. The molecule has 1 aliphatic rings. The predicted octanol–water partition coefficient (Wildman–Crippen LogP) is 0.0934. The molecule has 26 heavy (non-hydrogen) atoms. The fourth-order valence-electron chi connectivity index (χ4n) is 3.10. The lowest BCUT2D eigenvalue weighted by atomic mass is 10.2. The summed E-state index contributed by atoms with van der Waals surface area (Å²) in [7, 11) is 2.94. The van der Waals surface area contributed by atoms with Crippen molar-refractivity contribution in [2.24, 2.45) is 0 Å². The summed E-state index contributed by atoms with van der Waals surface area (Å²) in [5.41, 5.74) is 1.10. The van der Waals surface area contributed by atoms with Crippen LogP contribution in [-0.2, 0) is 16.4 Å². The highest BCUT2D eigenvalue weighted by Crippen LogP contribution is 2.18. The number of nitrogens with zero attached hydrogens (tertiary/aromatic N) is 1. The van der Waals surface area contributed by atoms with Crippen LogP contribution >= 0.6 is 12.2 Å². The molecule has 1 saturated heterocycles. The summed E-state index contributed by atoms with van der Waals surface area (Å²) < 4.78 is 28.9. The van der Waals surface area contributed by atoms with Crippen molar-refractivity contribution in [3.8, 4) is 5.75 Å². The molecule has 0 radical (unpaired) electrons. The molecule has 1 fully saturated rings. The zero-order valence-electron chi connectivity index (χ0n) is 15.8. The number of hydrogen-bond acceptors (Lipinski definition) is 4. The predicted molar refractivity (Wildman–Crippen MR) is 108 cm³/mol. The average molecular weight is 401 g/mol. The Morgan fingerprint density at radius 1 is 1.35 bits per heavy atom. The Kier molecular flexibility index (Phi) is 7.67. The van der Waals surface area contributed by atoms with E-state index < -0.39 is 9.84 Å². The number of benzene rings is 1. The van der Waals surface area contributed by atoms with Gasteiger partial charge in [-0.3, -0.25) is 0 Å². The van der Waals surface area contributed by atoms with Crippen LogP contribution < -0.4 is 15.0 Å². The summed E-state index contributed by atoms with van der Waals surface area (Å²) in [6.45, 7) is 2.41. The van der Waals surface area contributed by atoms with Crippen LogP contribution in [0.5, 0.6) is 5.75 Å². The number of rotatable bonds is 8. The second-order valence-corrected chi connectivity index (χ2v) is 9.68. The van der Waals surface area contributed by atoms with Gasteiger partial charge in [-0.15, -0.1) is 0 Å². The lowest BCUT2D eigenvalue weighted by molar-refractivity contribution is -0.858. The van der Waals surface area contributed by atoms with Gasteiger partial charge in [0.2, 0.25) is 0 Å². The van der Waals surface area contributed by atoms with Crippen molar-refractivity contribution >= 4 is 27.2 Å². The number of methoxy groups -OCH3 is 1. The summed E-state index contributed by atoms with van der Waals surface area (Å²) in [6, 6.07) is 7.80. The Balaban J connectivity index is 1.96. The first-order valence-corrected chi connectivity index (χ1v) is 11.2. The van der Waals surface area contributed by atoms with Crippen molar-refractivity contribution in [1.82, 2.24) is 10.2 Å². The topological polar surface area (TPSA) is 63.1 Å². The normalized spacial score (nSPS) is 18.7. The van der Waals surface area contributed by atoms with E-state index in [0.29, 0.717) is 18.1 Å². The zero-order valence-corrected chi connectivity index (χ0v) is 17.5. The summed E-state index contributed by atoms with van der Waals surface area (Å²) >= 11 is 5.60. The Hall–Kier alpha value is -1.38. The second kappa shape index (κ2) is 9.53. The molecule has 0 bridgehead atoms. The van der Waals surface area contributed by atoms with E-state index in [-0.39, 0.29) is 17.5 Å². The van der Waals surface area contributed by atoms with Gasteiger partial charge in [0.05, 0.1) is 39.3 Å². The van der Waals surface area contributed by atoms with Crippen LogP contribution in [0.1, 0.15) is 18.4 Å². The quantitative estimate of drug-likeness (QED) is 0.604. The molecule has 1 heterocycles. The minimum atomic E-state index is -2.94. The Morgan fingerprint density at radius 2 is 2.04 bits per heavy atom. The maximum Gasteiger partial charge on any atom is 0.169 e. The zero-order chi connectivity index (χ0) is 19.2. The maximum absolute atomic E-state index is 11.9. The molecule has 0 aliphatic carbocycles. The second-order valence-electron chi connectivity index (χ2n) is 7.07. The van der Waals surface area contributed by atoms with Crippen molar-refractivity contribution in [3.05, 3.63) is 29.8 Å². The average Bonchev–Trinajstić information content (AvgIpc) is 2.96. The van der Waals surface area contributed by atoms with Gasteiger partial charge < -0.3 is 19.9 Å². The molecule has 2 rings (SSSR count). The first-order valence-electron chi connectivity index (χ1n) is 8.97. The molecule has 1 atom stereocenters. The number of hydrogen-bond donors (Lipinski definition) is 2. The van der Waals surface area contributed by atoms with E-state index in [1.165, 1.54) is 4.90 Å². The molecular formula is C18H30N3O3S2+. The van der Waals surface area contributed by atoms with Gasteiger partial charge in [-0.1, -0.05) is 12.1 Å². The molecule has 0 aromatic heterocycles. The summed E-state index contributed by atoms with van der Waals surface area (Å²) in [6.07, 6.45) is 1.63. The van der Waals surface area contributed by atoms with Crippen LogP contribution in [0.2, 0.25) is 0 Å². The molecule has 6 nitrogen and oxygen atoms in total. The third kappa shape index (κ3) is 6.41. The molecule has 0 saturated carbocycles. The van der Waals surface area contributed by atoms with E-state index in [9.17, 15) is 8.42 Å². The molecule has 1 aliphatic heterocycles. The van der Waals surface area contributed by atoms with Gasteiger partial charge in [-0.25, -0.2) is 8.42 Å². The number of ether oxygens (including phenoxy) is 1. The van der Waals surface area contributed by atoms with Gasteiger partial charge in [0.25, 0.3) is 0 Å². The van der Waals surface area contributed by atoms with Crippen LogP contribution in [0.15, 0.2) is 24.3 Å². The standard InChI is InChI=1S/C18H29N3O3S2/c1-20(2)10-4-11-21(16-9-12-26(22,23)14-16)18(25)19-13-15-5-7-17(24-3)8-6-15/h5-8,16H,4,9-14H2,1-3H3,(H,19,25)/p+1/t16-/m0/s1. The number of sulfone groups is 1. The van der Waals surface area contributed by atoms with Gasteiger partial charge in [0.15, 0.2) is 14.9 Å². The Labute approximate surface area is 162 Å². The van der Waals surface area contributed by atoms with Gasteiger partial charge in [0, 0.05) is 25.6 Å². The van der Waals surface area contributed by atoms with E-state index in [1.54, 1.807) is 7.11 Å². The highest BCUT2D eigenvalue weighted by Gasteiger charge is 2.33. The molecular weight excluding hydrogens is 370 g/mol. The van der Waals surface area contributed by atoms with Crippen molar-refractivity contribution in [3.63, 3.8) is 0 Å². The van der Waals surface area contributed by atoms with Crippen LogP contribution in [0, 0.1) is 0 Å².